The second-order valence-electron chi connectivity index (χ2n) is 5.44. The molecule has 2 aromatic carbocycles. The summed E-state index contributed by atoms with van der Waals surface area (Å²) in [6, 6.07) is 10.2. The molecule has 0 atom stereocenters. The molecule has 0 fully saturated rings. The topological polar surface area (TPSA) is 84.2 Å². The minimum Gasteiger partial charge on any atom is -0.360 e. The van der Waals surface area contributed by atoms with Crippen molar-refractivity contribution < 1.29 is 22.9 Å². The zero-order chi connectivity index (χ0) is 18.7. The lowest BCUT2D eigenvalue weighted by Crippen LogP contribution is -2.16. The summed E-state index contributed by atoms with van der Waals surface area (Å²) in [5.41, 5.74) is 0.180. The van der Waals surface area contributed by atoms with Gasteiger partial charge in [0.15, 0.2) is 5.82 Å². The van der Waals surface area contributed by atoms with Gasteiger partial charge in [0.2, 0.25) is 0 Å². The number of aromatic nitrogens is 1. The van der Waals surface area contributed by atoms with E-state index in [1.54, 1.807) is 13.0 Å². The number of anilines is 2. The number of aryl methyl sites for hydroxylation is 1. The van der Waals surface area contributed by atoms with Gasteiger partial charge in [-0.3, -0.25) is 9.59 Å². The fourth-order valence-corrected chi connectivity index (χ4v) is 2.20. The molecule has 132 valence electrons. The Hall–Kier alpha value is -3.55. The highest BCUT2D eigenvalue weighted by Gasteiger charge is 2.14. The number of nitrogens with one attached hydrogen (secondary N) is 2. The summed E-state index contributed by atoms with van der Waals surface area (Å²) in [7, 11) is 0. The fraction of sp³-hybridized carbons (Fsp3) is 0.0556. The highest BCUT2D eigenvalue weighted by molar-refractivity contribution is 6.08. The monoisotopic (exact) mass is 357 g/mol. The van der Waals surface area contributed by atoms with Gasteiger partial charge in [0.1, 0.15) is 17.4 Å². The second-order valence-corrected chi connectivity index (χ2v) is 5.44. The van der Waals surface area contributed by atoms with Gasteiger partial charge in [-0.2, -0.15) is 0 Å². The standard InChI is InChI=1S/C18H13F2N3O3/c1-10-7-16(23-26-10)22-18(25)12-4-2-3-11(8-12)17(24)21-15-6-5-13(19)9-14(15)20/h2-9H,1H3,(H,21,24)(H,22,23,25). The van der Waals surface area contributed by atoms with E-state index in [0.29, 0.717) is 11.8 Å². The zero-order valence-electron chi connectivity index (χ0n) is 13.5. The van der Waals surface area contributed by atoms with Gasteiger partial charge in [-0.15, -0.1) is 0 Å². The molecule has 8 heteroatoms. The number of hydrogen-bond donors (Lipinski definition) is 2. The molecular weight excluding hydrogens is 344 g/mol. The molecule has 0 aliphatic rings. The number of rotatable bonds is 4. The first-order valence-corrected chi connectivity index (χ1v) is 7.53. The SMILES string of the molecule is Cc1cc(NC(=O)c2cccc(C(=O)Nc3ccc(F)cc3F)c2)no1. The molecule has 3 aromatic rings. The Labute approximate surface area is 146 Å². The summed E-state index contributed by atoms with van der Waals surface area (Å²) in [4.78, 5) is 24.5. The molecule has 0 unspecified atom stereocenters. The Morgan fingerprint density at radius 2 is 1.65 bits per heavy atom. The third kappa shape index (κ3) is 3.92. The fourth-order valence-electron chi connectivity index (χ4n) is 2.20. The lowest BCUT2D eigenvalue weighted by atomic mass is 10.1. The number of hydrogen-bond acceptors (Lipinski definition) is 4. The molecule has 2 amide bonds. The number of nitrogens with zero attached hydrogens (tertiary/aromatic N) is 1. The number of carbonyl (C=O) groups excluding carboxylic acids is 2. The van der Waals surface area contributed by atoms with Crippen LogP contribution in [0.3, 0.4) is 0 Å². The summed E-state index contributed by atoms with van der Waals surface area (Å²) in [6.45, 7) is 1.68. The van der Waals surface area contributed by atoms with Crippen LogP contribution in [0.2, 0.25) is 0 Å². The molecule has 0 aliphatic heterocycles. The van der Waals surface area contributed by atoms with E-state index < -0.39 is 23.4 Å². The van der Waals surface area contributed by atoms with E-state index in [-0.39, 0.29) is 22.6 Å². The lowest BCUT2D eigenvalue weighted by Gasteiger charge is -2.08. The van der Waals surface area contributed by atoms with Gasteiger partial charge in [-0.05, 0) is 37.3 Å². The second kappa shape index (κ2) is 7.14. The summed E-state index contributed by atoms with van der Waals surface area (Å²) >= 11 is 0. The van der Waals surface area contributed by atoms with Crippen molar-refractivity contribution in [3.63, 3.8) is 0 Å². The van der Waals surface area contributed by atoms with Crippen LogP contribution in [0.25, 0.3) is 0 Å². The molecule has 1 aromatic heterocycles. The first-order valence-electron chi connectivity index (χ1n) is 7.53. The maximum absolute atomic E-state index is 13.6. The maximum Gasteiger partial charge on any atom is 0.256 e. The normalized spacial score (nSPS) is 10.4. The van der Waals surface area contributed by atoms with Crippen LogP contribution < -0.4 is 10.6 Å². The van der Waals surface area contributed by atoms with Gasteiger partial charge < -0.3 is 15.2 Å². The van der Waals surface area contributed by atoms with Crippen molar-refractivity contribution in [1.29, 1.82) is 0 Å². The van der Waals surface area contributed by atoms with Crippen LogP contribution in [0.1, 0.15) is 26.5 Å². The number of benzene rings is 2. The molecular formula is C18H13F2N3O3. The molecule has 1 heterocycles. The highest BCUT2D eigenvalue weighted by Crippen LogP contribution is 2.17. The van der Waals surface area contributed by atoms with Gasteiger partial charge in [-0.25, -0.2) is 8.78 Å². The largest absolute Gasteiger partial charge is 0.360 e. The van der Waals surface area contributed by atoms with E-state index >= 15 is 0 Å². The minimum absolute atomic E-state index is 0.137. The zero-order valence-corrected chi connectivity index (χ0v) is 13.5. The predicted molar refractivity (Wildman–Crippen MR) is 89.9 cm³/mol. The predicted octanol–water partition coefficient (Wildman–Crippen LogP) is 3.77. The molecule has 0 bridgehead atoms. The van der Waals surface area contributed by atoms with E-state index in [0.717, 1.165) is 12.1 Å². The molecule has 0 radical (unpaired) electrons. The Balaban J connectivity index is 1.75. The molecule has 3 rings (SSSR count). The summed E-state index contributed by atoms with van der Waals surface area (Å²) in [5, 5.41) is 8.52. The van der Waals surface area contributed by atoms with Gasteiger partial charge in [0.05, 0.1) is 5.69 Å². The van der Waals surface area contributed by atoms with Crippen LogP contribution >= 0.6 is 0 Å². The first-order chi connectivity index (χ1) is 12.4. The van der Waals surface area contributed by atoms with Crippen LogP contribution in [0.15, 0.2) is 53.1 Å². The summed E-state index contributed by atoms with van der Waals surface area (Å²) in [6.07, 6.45) is 0. The van der Waals surface area contributed by atoms with Gasteiger partial charge in [0.25, 0.3) is 11.8 Å². The van der Waals surface area contributed by atoms with Gasteiger partial charge >= 0.3 is 0 Å². The molecule has 26 heavy (non-hydrogen) atoms. The van der Waals surface area contributed by atoms with Crippen LogP contribution in [0, 0.1) is 18.6 Å². The lowest BCUT2D eigenvalue weighted by molar-refractivity contribution is 0.102. The van der Waals surface area contributed by atoms with Crippen molar-refractivity contribution in [1.82, 2.24) is 5.16 Å². The molecule has 0 saturated heterocycles. The van der Waals surface area contributed by atoms with Crippen LogP contribution in [-0.2, 0) is 0 Å². The maximum atomic E-state index is 13.6. The van der Waals surface area contributed by atoms with E-state index in [9.17, 15) is 18.4 Å². The van der Waals surface area contributed by atoms with Crippen molar-refractivity contribution in [2.24, 2.45) is 0 Å². The van der Waals surface area contributed by atoms with Crippen LogP contribution in [0.4, 0.5) is 20.3 Å². The molecule has 0 saturated carbocycles. The van der Waals surface area contributed by atoms with Gasteiger partial charge in [-0.1, -0.05) is 11.2 Å². The van der Waals surface area contributed by atoms with Crippen molar-refractivity contribution in [2.75, 3.05) is 10.6 Å². The number of halogens is 2. The smallest absolute Gasteiger partial charge is 0.256 e. The van der Waals surface area contributed by atoms with Crippen molar-refractivity contribution >= 4 is 23.3 Å². The van der Waals surface area contributed by atoms with E-state index in [2.05, 4.69) is 15.8 Å². The third-order valence-corrected chi connectivity index (χ3v) is 3.44. The third-order valence-electron chi connectivity index (χ3n) is 3.44. The molecule has 0 spiro atoms. The van der Waals surface area contributed by atoms with Crippen LogP contribution in [-0.4, -0.2) is 17.0 Å². The minimum atomic E-state index is -0.895. The Kier molecular flexibility index (Phi) is 4.74. The number of amides is 2. The Morgan fingerprint density at radius 3 is 2.27 bits per heavy atom. The van der Waals surface area contributed by atoms with Gasteiger partial charge in [0, 0.05) is 23.3 Å². The van der Waals surface area contributed by atoms with E-state index in [1.807, 2.05) is 0 Å². The average molecular weight is 357 g/mol. The average Bonchev–Trinajstić information content (AvgIpc) is 3.02. The quantitative estimate of drug-likeness (QED) is 0.744. The Morgan fingerprint density at radius 1 is 0.962 bits per heavy atom. The molecule has 2 N–H and O–H groups in total. The summed E-state index contributed by atoms with van der Waals surface area (Å²) in [5.74, 6) is -1.98. The van der Waals surface area contributed by atoms with Crippen molar-refractivity contribution in [3.05, 3.63) is 77.1 Å². The number of carbonyl (C=O) groups is 2. The molecule has 6 nitrogen and oxygen atoms in total. The van der Waals surface area contributed by atoms with E-state index in [1.165, 1.54) is 24.3 Å². The molecule has 0 aliphatic carbocycles. The summed E-state index contributed by atoms with van der Waals surface area (Å²) < 4.78 is 31.4. The van der Waals surface area contributed by atoms with Crippen molar-refractivity contribution in [2.45, 2.75) is 6.92 Å². The van der Waals surface area contributed by atoms with Crippen molar-refractivity contribution in [3.8, 4) is 0 Å². The highest BCUT2D eigenvalue weighted by atomic mass is 19.1. The van der Waals surface area contributed by atoms with E-state index in [4.69, 9.17) is 4.52 Å². The first kappa shape index (κ1) is 17.3. The van der Waals surface area contributed by atoms with Crippen LogP contribution in [0.5, 0.6) is 0 Å². The Bertz CT molecular complexity index is 985.